The summed E-state index contributed by atoms with van der Waals surface area (Å²) in [5.74, 6) is -1.49. The molecular formula is C44H82NO7+. The van der Waals surface area contributed by atoms with Gasteiger partial charge in [0.2, 0.25) is 0 Å². The van der Waals surface area contributed by atoms with E-state index in [2.05, 4.69) is 38.2 Å². The average Bonchev–Trinajstić information content (AvgIpc) is 3.09. The van der Waals surface area contributed by atoms with E-state index in [0.29, 0.717) is 19.3 Å². The van der Waals surface area contributed by atoms with Crippen LogP contribution in [0.25, 0.3) is 0 Å². The van der Waals surface area contributed by atoms with E-state index in [1.54, 1.807) is 0 Å². The van der Waals surface area contributed by atoms with Gasteiger partial charge in [0.1, 0.15) is 6.61 Å². The minimum absolute atomic E-state index is 0.0563. The fourth-order valence-electron chi connectivity index (χ4n) is 6.24. The lowest BCUT2D eigenvalue weighted by atomic mass is 10.0. The number of hydrogen-bond donors (Lipinski definition) is 1. The third kappa shape index (κ3) is 33.6. The number of esters is 2. The summed E-state index contributed by atoms with van der Waals surface area (Å²) in [7, 11) is 5.52. The molecule has 0 spiro atoms. The average molecular weight is 737 g/mol. The Morgan fingerprint density at radius 2 is 1.02 bits per heavy atom. The van der Waals surface area contributed by atoms with Crippen molar-refractivity contribution in [1.82, 2.24) is 0 Å². The van der Waals surface area contributed by atoms with Crippen LogP contribution >= 0.6 is 0 Å². The molecule has 0 aliphatic carbocycles. The molecule has 8 nitrogen and oxygen atoms in total. The number of carbonyl (C=O) groups is 3. The van der Waals surface area contributed by atoms with Gasteiger partial charge in [-0.05, 0) is 32.1 Å². The fraction of sp³-hybridized carbons (Fsp3) is 0.841. The zero-order valence-corrected chi connectivity index (χ0v) is 34.5. The van der Waals surface area contributed by atoms with Gasteiger partial charge in [-0.3, -0.25) is 9.59 Å². The Balaban J connectivity index is 4.34. The van der Waals surface area contributed by atoms with E-state index in [9.17, 15) is 19.5 Å². The summed E-state index contributed by atoms with van der Waals surface area (Å²) in [5.41, 5.74) is 0. The number of allylic oxidation sites excluding steroid dienone is 4. The minimum Gasteiger partial charge on any atom is -0.477 e. The number of carboxylic acids is 1. The SMILES string of the molecule is CCCC/C=C/C=C/CCCCCC(=O)OCC(COCCC(C(=O)O)[N+](C)(C)C)OC(=O)CCCCCCCCCCCCCCCCCCC. The minimum atomic E-state index is -0.877. The fourth-order valence-corrected chi connectivity index (χ4v) is 6.24. The molecule has 0 aliphatic rings. The molecule has 2 atom stereocenters. The number of aliphatic carboxylic acids is 1. The van der Waals surface area contributed by atoms with Crippen LogP contribution < -0.4 is 0 Å². The Labute approximate surface area is 320 Å². The first-order chi connectivity index (χ1) is 25.1. The van der Waals surface area contributed by atoms with Gasteiger partial charge < -0.3 is 23.8 Å². The maximum absolute atomic E-state index is 12.7. The van der Waals surface area contributed by atoms with Crippen LogP contribution in [0.15, 0.2) is 24.3 Å². The first-order valence-electron chi connectivity index (χ1n) is 21.4. The summed E-state index contributed by atoms with van der Waals surface area (Å²) in [4.78, 5) is 36.9. The molecule has 0 saturated carbocycles. The normalized spacial score (nSPS) is 13.2. The third-order valence-electron chi connectivity index (χ3n) is 9.63. The molecule has 0 saturated heterocycles. The van der Waals surface area contributed by atoms with E-state index >= 15 is 0 Å². The maximum Gasteiger partial charge on any atom is 0.362 e. The molecule has 0 rings (SSSR count). The maximum atomic E-state index is 12.7. The second-order valence-corrected chi connectivity index (χ2v) is 15.6. The molecule has 0 aromatic carbocycles. The number of carbonyl (C=O) groups excluding carboxylic acids is 2. The van der Waals surface area contributed by atoms with Crippen LogP contribution in [0, 0.1) is 0 Å². The van der Waals surface area contributed by atoms with Crippen LogP contribution in [0.4, 0.5) is 0 Å². The topological polar surface area (TPSA) is 99.1 Å². The van der Waals surface area contributed by atoms with E-state index in [1.807, 2.05) is 21.1 Å². The highest BCUT2D eigenvalue weighted by atomic mass is 16.6. The standard InChI is InChI=1S/C44H81NO7/c1-6-8-10-12-14-16-18-19-20-21-22-23-25-27-29-31-33-35-43(47)52-40(38-50-37-36-41(44(48)49)45(3,4)5)39-51-42(46)34-32-30-28-26-24-17-15-13-11-9-7-2/h13,15,17,24,40-41H,6-12,14,16,18-23,25-39H2,1-5H3/p+1/b15-13+,24-17+. The predicted octanol–water partition coefficient (Wildman–Crippen LogP) is 11.3. The van der Waals surface area contributed by atoms with Gasteiger partial charge in [-0.1, -0.05) is 160 Å². The zero-order chi connectivity index (χ0) is 38.5. The molecule has 0 heterocycles. The Bertz CT molecular complexity index is 911. The van der Waals surface area contributed by atoms with Crippen LogP contribution in [0.5, 0.6) is 0 Å². The molecule has 0 amide bonds. The molecule has 1 N–H and O–H groups in total. The zero-order valence-electron chi connectivity index (χ0n) is 34.5. The molecular weight excluding hydrogens is 654 g/mol. The van der Waals surface area contributed by atoms with Gasteiger partial charge >= 0.3 is 17.9 Å². The van der Waals surface area contributed by atoms with Gasteiger partial charge in [-0.2, -0.15) is 0 Å². The number of unbranched alkanes of at least 4 members (excludes halogenated alkanes) is 21. The molecule has 304 valence electrons. The number of hydrogen-bond acceptors (Lipinski definition) is 6. The molecule has 2 unspecified atom stereocenters. The summed E-state index contributed by atoms with van der Waals surface area (Å²) < 4.78 is 17.2. The highest BCUT2D eigenvalue weighted by Crippen LogP contribution is 2.15. The van der Waals surface area contributed by atoms with E-state index < -0.39 is 18.1 Å². The lowest BCUT2D eigenvalue weighted by molar-refractivity contribution is -0.887. The van der Waals surface area contributed by atoms with Gasteiger partial charge in [-0.25, -0.2) is 4.79 Å². The lowest BCUT2D eigenvalue weighted by Gasteiger charge is -2.31. The second kappa shape index (κ2) is 35.8. The Morgan fingerprint density at radius 3 is 1.50 bits per heavy atom. The van der Waals surface area contributed by atoms with Crippen LogP contribution in [-0.4, -0.2) is 80.6 Å². The van der Waals surface area contributed by atoms with E-state index in [1.165, 1.54) is 103 Å². The summed E-state index contributed by atoms with van der Waals surface area (Å²) in [5, 5.41) is 9.60. The Kier molecular flexibility index (Phi) is 34.3. The van der Waals surface area contributed by atoms with Crippen LogP contribution in [-0.2, 0) is 28.6 Å². The number of carboxylic acid groups (broad SMARTS) is 1. The molecule has 0 aliphatic heterocycles. The quantitative estimate of drug-likeness (QED) is 0.0291. The molecule has 8 heteroatoms. The third-order valence-corrected chi connectivity index (χ3v) is 9.63. The molecule has 0 aromatic rings. The number of rotatable bonds is 38. The van der Waals surface area contributed by atoms with Crippen LogP contribution in [0.2, 0.25) is 0 Å². The highest BCUT2D eigenvalue weighted by molar-refractivity contribution is 5.72. The molecule has 52 heavy (non-hydrogen) atoms. The molecule has 0 radical (unpaired) electrons. The van der Waals surface area contributed by atoms with E-state index in [4.69, 9.17) is 14.2 Å². The number of quaternary nitrogens is 1. The number of likely N-dealkylation sites (N-methyl/N-ethyl adjacent to an activating group) is 1. The summed E-state index contributed by atoms with van der Waals surface area (Å²) in [6, 6.07) is -0.615. The summed E-state index contributed by atoms with van der Waals surface area (Å²) in [6.45, 7) is 4.67. The lowest BCUT2D eigenvalue weighted by Crippen LogP contribution is -2.50. The first kappa shape index (κ1) is 49.8. The van der Waals surface area contributed by atoms with Crippen molar-refractivity contribution < 1.29 is 38.2 Å². The van der Waals surface area contributed by atoms with Crippen LogP contribution in [0.1, 0.15) is 187 Å². The Hall–Kier alpha value is -2.19. The van der Waals surface area contributed by atoms with Gasteiger partial charge in [-0.15, -0.1) is 0 Å². The van der Waals surface area contributed by atoms with Crippen molar-refractivity contribution in [1.29, 1.82) is 0 Å². The smallest absolute Gasteiger partial charge is 0.362 e. The monoisotopic (exact) mass is 737 g/mol. The largest absolute Gasteiger partial charge is 0.477 e. The second-order valence-electron chi connectivity index (χ2n) is 15.6. The van der Waals surface area contributed by atoms with E-state index in [-0.39, 0.29) is 36.2 Å². The summed E-state index contributed by atoms with van der Waals surface area (Å²) >= 11 is 0. The molecule has 0 aromatic heterocycles. The van der Waals surface area contributed by atoms with Crippen molar-refractivity contribution in [2.24, 2.45) is 0 Å². The molecule has 0 fully saturated rings. The van der Waals surface area contributed by atoms with E-state index in [0.717, 1.165) is 51.4 Å². The van der Waals surface area contributed by atoms with Crippen molar-refractivity contribution in [3.63, 3.8) is 0 Å². The van der Waals surface area contributed by atoms with Gasteiger partial charge in [0, 0.05) is 19.3 Å². The van der Waals surface area contributed by atoms with Gasteiger partial charge in [0.15, 0.2) is 12.1 Å². The van der Waals surface area contributed by atoms with Crippen LogP contribution in [0.3, 0.4) is 0 Å². The van der Waals surface area contributed by atoms with Gasteiger partial charge in [0.05, 0.1) is 34.4 Å². The van der Waals surface area contributed by atoms with Gasteiger partial charge in [0.25, 0.3) is 0 Å². The van der Waals surface area contributed by atoms with Crippen molar-refractivity contribution in [2.45, 2.75) is 199 Å². The highest BCUT2D eigenvalue weighted by Gasteiger charge is 2.31. The predicted molar refractivity (Wildman–Crippen MR) is 215 cm³/mol. The van der Waals surface area contributed by atoms with Crippen molar-refractivity contribution in [2.75, 3.05) is 41.0 Å². The van der Waals surface area contributed by atoms with Crippen molar-refractivity contribution >= 4 is 17.9 Å². The number of nitrogens with zero attached hydrogens (tertiary/aromatic N) is 1. The Morgan fingerprint density at radius 1 is 0.577 bits per heavy atom. The number of ether oxygens (including phenoxy) is 3. The van der Waals surface area contributed by atoms with Crippen molar-refractivity contribution in [3.05, 3.63) is 24.3 Å². The molecule has 0 bridgehead atoms. The summed E-state index contributed by atoms with van der Waals surface area (Å²) in [6.07, 6.45) is 37.9. The van der Waals surface area contributed by atoms with Crippen molar-refractivity contribution in [3.8, 4) is 0 Å². The first-order valence-corrected chi connectivity index (χ1v) is 21.4.